The van der Waals surface area contributed by atoms with Crippen molar-refractivity contribution in [1.29, 1.82) is 0 Å². The fraction of sp³-hybridized carbons (Fsp3) is 0.545. The summed E-state index contributed by atoms with van der Waals surface area (Å²) in [6.07, 6.45) is 1.16. The highest BCUT2D eigenvalue weighted by Crippen LogP contribution is 2.30. The summed E-state index contributed by atoms with van der Waals surface area (Å²) in [5.74, 6) is 0. The maximum absolute atomic E-state index is 11.6. The van der Waals surface area contributed by atoms with Gasteiger partial charge in [-0.2, -0.15) is 8.42 Å². The monoisotopic (exact) mass is 455 g/mol. The third kappa shape index (κ3) is 8.03. The van der Waals surface area contributed by atoms with Crippen molar-refractivity contribution in [3.63, 3.8) is 0 Å². The minimum absolute atomic E-state index is 0.141. The lowest BCUT2D eigenvalue weighted by Crippen LogP contribution is -2.32. The number of hydrogen-bond acceptors (Lipinski definition) is 7. The van der Waals surface area contributed by atoms with Crippen LogP contribution in [0, 0.1) is 0 Å². The molecule has 2 aromatic carbocycles. The molecule has 0 fully saturated rings. The summed E-state index contributed by atoms with van der Waals surface area (Å²) < 4.78 is 43.7. The lowest BCUT2D eigenvalue weighted by atomic mass is 10.1. The van der Waals surface area contributed by atoms with E-state index >= 15 is 0 Å². The van der Waals surface area contributed by atoms with Crippen molar-refractivity contribution in [2.75, 3.05) is 44.9 Å². The van der Waals surface area contributed by atoms with E-state index in [9.17, 15) is 23.2 Å². The topological polar surface area (TPSA) is 117 Å². The van der Waals surface area contributed by atoms with Gasteiger partial charge in [-0.05, 0) is 31.4 Å². The minimum atomic E-state index is -4.33. The molecular formula is C22H33NO7S. The molecule has 2 aromatic rings. The molecule has 2 atom stereocenters. The Morgan fingerprint density at radius 3 is 2.13 bits per heavy atom. The van der Waals surface area contributed by atoms with Crippen molar-refractivity contribution < 1.29 is 32.7 Å². The third-order valence-electron chi connectivity index (χ3n) is 4.95. The molecule has 174 valence electrons. The first-order valence-electron chi connectivity index (χ1n) is 10.5. The second-order valence-electron chi connectivity index (χ2n) is 7.56. The smallest absolute Gasteiger partial charge is 0.295 e. The zero-order chi connectivity index (χ0) is 22.9. The SMILES string of the molecule is CCC(O)COCCCCOCC(O)CN(C)c1cccc2c(S(=O)(=O)O)cccc12. The Kier molecular flexibility index (Phi) is 10.1. The summed E-state index contributed by atoms with van der Waals surface area (Å²) in [5.41, 5.74) is 0.744. The van der Waals surface area contributed by atoms with Gasteiger partial charge in [0.2, 0.25) is 0 Å². The van der Waals surface area contributed by atoms with Gasteiger partial charge in [0, 0.05) is 43.3 Å². The molecule has 0 amide bonds. The van der Waals surface area contributed by atoms with Crippen LogP contribution >= 0.6 is 0 Å². The summed E-state index contributed by atoms with van der Waals surface area (Å²) in [5, 5.41) is 20.8. The van der Waals surface area contributed by atoms with Crippen LogP contribution in [0.3, 0.4) is 0 Å². The minimum Gasteiger partial charge on any atom is -0.391 e. The van der Waals surface area contributed by atoms with Crippen LogP contribution in [0.1, 0.15) is 26.2 Å². The maximum Gasteiger partial charge on any atom is 0.295 e. The van der Waals surface area contributed by atoms with Crippen LogP contribution in [0.2, 0.25) is 0 Å². The number of ether oxygens (including phenoxy) is 2. The Balaban J connectivity index is 1.82. The molecule has 0 aliphatic carbocycles. The van der Waals surface area contributed by atoms with Gasteiger partial charge in [0.05, 0.1) is 25.4 Å². The summed E-state index contributed by atoms with van der Waals surface area (Å²) in [4.78, 5) is 1.69. The summed E-state index contributed by atoms with van der Waals surface area (Å²) in [6.45, 7) is 3.81. The number of hydrogen-bond donors (Lipinski definition) is 3. The number of aliphatic hydroxyl groups excluding tert-OH is 2. The van der Waals surface area contributed by atoms with Crippen LogP contribution in [0.15, 0.2) is 41.3 Å². The molecule has 0 aliphatic heterocycles. The molecule has 9 heteroatoms. The molecule has 0 heterocycles. The average Bonchev–Trinajstić information content (AvgIpc) is 2.73. The van der Waals surface area contributed by atoms with Gasteiger partial charge in [0.1, 0.15) is 4.90 Å². The molecule has 0 saturated heterocycles. The van der Waals surface area contributed by atoms with E-state index in [2.05, 4.69) is 0 Å². The summed E-state index contributed by atoms with van der Waals surface area (Å²) >= 11 is 0. The Morgan fingerprint density at radius 2 is 1.52 bits per heavy atom. The van der Waals surface area contributed by atoms with Gasteiger partial charge in [-0.1, -0.05) is 31.2 Å². The van der Waals surface area contributed by atoms with Crippen molar-refractivity contribution in [1.82, 2.24) is 0 Å². The van der Waals surface area contributed by atoms with Gasteiger partial charge < -0.3 is 24.6 Å². The maximum atomic E-state index is 11.6. The number of unbranched alkanes of at least 4 members (excludes halogenated alkanes) is 1. The van der Waals surface area contributed by atoms with Gasteiger partial charge in [0.15, 0.2) is 0 Å². The fourth-order valence-corrected chi connectivity index (χ4v) is 3.96. The average molecular weight is 456 g/mol. The first-order chi connectivity index (χ1) is 14.7. The Labute approximate surface area is 184 Å². The summed E-state index contributed by atoms with van der Waals surface area (Å²) in [6, 6.07) is 9.91. The van der Waals surface area contributed by atoms with Crippen molar-refractivity contribution >= 4 is 26.6 Å². The van der Waals surface area contributed by atoms with Crippen LogP contribution in [0.4, 0.5) is 5.69 Å². The van der Waals surface area contributed by atoms with E-state index in [1.807, 2.05) is 17.9 Å². The molecule has 0 radical (unpaired) electrons. The molecule has 0 spiro atoms. The van der Waals surface area contributed by atoms with Gasteiger partial charge in [-0.15, -0.1) is 0 Å². The van der Waals surface area contributed by atoms with Gasteiger partial charge in [-0.3, -0.25) is 4.55 Å². The molecule has 31 heavy (non-hydrogen) atoms. The zero-order valence-electron chi connectivity index (χ0n) is 18.1. The summed E-state index contributed by atoms with van der Waals surface area (Å²) in [7, 11) is -2.53. The zero-order valence-corrected chi connectivity index (χ0v) is 18.9. The van der Waals surface area contributed by atoms with Crippen molar-refractivity contribution in [2.24, 2.45) is 0 Å². The number of anilines is 1. The molecule has 0 aromatic heterocycles. The lowest BCUT2D eigenvalue weighted by molar-refractivity contribution is 0.0220. The second kappa shape index (κ2) is 12.3. The number of nitrogens with zero attached hydrogens (tertiary/aromatic N) is 1. The number of fused-ring (bicyclic) bond motifs is 1. The van der Waals surface area contributed by atoms with Gasteiger partial charge in [0.25, 0.3) is 10.1 Å². The molecule has 2 rings (SSSR count). The van der Waals surface area contributed by atoms with Crippen LogP contribution in [-0.2, 0) is 19.6 Å². The van der Waals surface area contributed by atoms with Crippen LogP contribution in [-0.4, -0.2) is 75.4 Å². The van der Waals surface area contributed by atoms with Gasteiger partial charge in [-0.25, -0.2) is 0 Å². The number of benzene rings is 2. The van der Waals surface area contributed by atoms with Gasteiger partial charge >= 0.3 is 0 Å². The Bertz CT molecular complexity index is 919. The lowest BCUT2D eigenvalue weighted by Gasteiger charge is -2.24. The van der Waals surface area contributed by atoms with E-state index in [1.165, 1.54) is 6.07 Å². The second-order valence-corrected chi connectivity index (χ2v) is 8.95. The molecule has 3 N–H and O–H groups in total. The van der Waals surface area contributed by atoms with E-state index in [1.54, 1.807) is 31.3 Å². The van der Waals surface area contributed by atoms with E-state index in [0.29, 0.717) is 43.6 Å². The third-order valence-corrected chi connectivity index (χ3v) is 5.86. The quantitative estimate of drug-likeness (QED) is 0.294. The Morgan fingerprint density at radius 1 is 0.935 bits per heavy atom. The van der Waals surface area contributed by atoms with Crippen LogP contribution in [0.25, 0.3) is 10.8 Å². The predicted molar refractivity (Wildman–Crippen MR) is 120 cm³/mol. The van der Waals surface area contributed by atoms with E-state index in [0.717, 1.165) is 18.5 Å². The highest BCUT2D eigenvalue weighted by Gasteiger charge is 2.17. The highest BCUT2D eigenvalue weighted by molar-refractivity contribution is 7.86. The molecule has 0 aliphatic rings. The normalized spacial score (nSPS) is 14.0. The van der Waals surface area contributed by atoms with Crippen molar-refractivity contribution in [2.45, 2.75) is 43.3 Å². The molecule has 2 unspecified atom stereocenters. The largest absolute Gasteiger partial charge is 0.391 e. The van der Waals surface area contributed by atoms with Crippen LogP contribution < -0.4 is 4.90 Å². The van der Waals surface area contributed by atoms with Crippen LogP contribution in [0.5, 0.6) is 0 Å². The molecule has 0 bridgehead atoms. The van der Waals surface area contributed by atoms with E-state index in [-0.39, 0.29) is 11.5 Å². The first-order valence-corrected chi connectivity index (χ1v) is 11.9. The van der Waals surface area contributed by atoms with Crippen molar-refractivity contribution in [3.8, 4) is 0 Å². The highest BCUT2D eigenvalue weighted by atomic mass is 32.2. The Hall–Kier alpha value is -1.75. The predicted octanol–water partition coefficient (Wildman–Crippen LogP) is 2.47. The molecule has 0 saturated carbocycles. The van der Waals surface area contributed by atoms with Crippen molar-refractivity contribution in [3.05, 3.63) is 36.4 Å². The molecular weight excluding hydrogens is 422 g/mol. The standard InChI is InChI=1S/C22H33NO7S/c1-3-17(24)15-29-12-4-5-13-30-16-18(25)14-23(2)21-10-6-9-20-19(21)8-7-11-22(20)31(26,27)28/h6-11,17-18,24-25H,3-5,12-16H2,1-2H3,(H,26,27,28). The number of aliphatic hydroxyl groups is 2. The molecule has 8 nitrogen and oxygen atoms in total. The van der Waals surface area contributed by atoms with E-state index < -0.39 is 22.3 Å². The fourth-order valence-electron chi connectivity index (χ4n) is 3.25. The first kappa shape index (κ1) is 25.5. The number of rotatable bonds is 14. The number of likely N-dealkylation sites (N-methyl/N-ethyl adjacent to an activating group) is 1. The van der Waals surface area contributed by atoms with E-state index in [4.69, 9.17) is 9.47 Å².